The largest absolute Gasteiger partial charge is 0.351 e. The maximum Gasteiger partial charge on any atom is 0.175 e. The quantitative estimate of drug-likeness (QED) is 0.616. The van der Waals surface area contributed by atoms with Crippen LogP contribution >= 0.6 is 0 Å². The van der Waals surface area contributed by atoms with E-state index in [4.69, 9.17) is 14.5 Å². The summed E-state index contributed by atoms with van der Waals surface area (Å²) in [7, 11) is 0. The Hall–Kier alpha value is -2.17. The Labute approximate surface area is 136 Å². The van der Waals surface area contributed by atoms with E-state index in [0.717, 1.165) is 22.4 Å². The summed E-state index contributed by atoms with van der Waals surface area (Å²) < 4.78 is 13.6. The minimum Gasteiger partial charge on any atom is -0.351 e. The third-order valence-electron chi connectivity index (χ3n) is 3.72. The Morgan fingerprint density at radius 1 is 0.913 bits per heavy atom. The SMILES string of the molecule is CCOC(Cn1c(-c2ccccc2)nc2ccccc21)OCC. The summed E-state index contributed by atoms with van der Waals surface area (Å²) in [5, 5.41) is 0. The van der Waals surface area contributed by atoms with E-state index in [1.807, 2.05) is 50.2 Å². The number of benzene rings is 2. The third kappa shape index (κ3) is 3.44. The molecular weight excluding hydrogens is 288 g/mol. The van der Waals surface area contributed by atoms with Gasteiger partial charge in [-0.1, -0.05) is 42.5 Å². The van der Waals surface area contributed by atoms with E-state index in [2.05, 4.69) is 22.8 Å². The number of rotatable bonds is 7. The lowest BCUT2D eigenvalue weighted by atomic mass is 10.2. The molecule has 4 heteroatoms. The summed E-state index contributed by atoms with van der Waals surface area (Å²) in [4.78, 5) is 4.81. The van der Waals surface area contributed by atoms with E-state index in [1.165, 1.54) is 0 Å². The molecule has 0 amide bonds. The minimum absolute atomic E-state index is 0.273. The van der Waals surface area contributed by atoms with Crippen LogP contribution in [-0.2, 0) is 16.0 Å². The van der Waals surface area contributed by atoms with Gasteiger partial charge in [0.15, 0.2) is 6.29 Å². The normalized spacial score (nSPS) is 11.4. The van der Waals surface area contributed by atoms with Crippen molar-refractivity contribution in [3.63, 3.8) is 0 Å². The molecule has 0 bridgehead atoms. The molecule has 0 aliphatic heterocycles. The average molecular weight is 310 g/mol. The molecule has 0 saturated heterocycles. The number of aromatic nitrogens is 2. The fourth-order valence-corrected chi connectivity index (χ4v) is 2.74. The Balaban J connectivity index is 2.06. The predicted molar refractivity (Wildman–Crippen MR) is 92.2 cm³/mol. The van der Waals surface area contributed by atoms with E-state index >= 15 is 0 Å². The van der Waals surface area contributed by atoms with E-state index in [-0.39, 0.29) is 6.29 Å². The van der Waals surface area contributed by atoms with Crippen molar-refractivity contribution in [2.75, 3.05) is 13.2 Å². The van der Waals surface area contributed by atoms with Crippen LogP contribution in [0.25, 0.3) is 22.4 Å². The lowest BCUT2D eigenvalue weighted by molar-refractivity contribution is -0.142. The molecule has 0 fully saturated rings. The summed E-state index contributed by atoms with van der Waals surface area (Å²) in [5.41, 5.74) is 3.17. The number of para-hydroxylation sites is 2. The molecule has 0 aliphatic carbocycles. The van der Waals surface area contributed by atoms with Crippen molar-refractivity contribution < 1.29 is 9.47 Å². The number of hydrogen-bond donors (Lipinski definition) is 0. The van der Waals surface area contributed by atoms with Crippen molar-refractivity contribution in [2.24, 2.45) is 0 Å². The molecule has 0 saturated carbocycles. The van der Waals surface area contributed by atoms with Crippen LogP contribution in [0.3, 0.4) is 0 Å². The number of imidazole rings is 1. The fourth-order valence-electron chi connectivity index (χ4n) is 2.74. The molecule has 0 unspecified atom stereocenters. The molecule has 1 aromatic heterocycles. The van der Waals surface area contributed by atoms with Gasteiger partial charge < -0.3 is 14.0 Å². The first-order valence-electron chi connectivity index (χ1n) is 8.07. The van der Waals surface area contributed by atoms with Crippen molar-refractivity contribution in [1.29, 1.82) is 0 Å². The first-order valence-corrected chi connectivity index (χ1v) is 8.07. The zero-order valence-electron chi connectivity index (χ0n) is 13.6. The summed E-state index contributed by atoms with van der Waals surface area (Å²) in [5.74, 6) is 0.941. The van der Waals surface area contributed by atoms with Gasteiger partial charge in [-0.25, -0.2) is 4.98 Å². The molecule has 1 heterocycles. The number of nitrogens with zero attached hydrogens (tertiary/aromatic N) is 2. The first kappa shape index (κ1) is 15.7. The second-order valence-electron chi connectivity index (χ2n) is 5.24. The van der Waals surface area contributed by atoms with Crippen LogP contribution < -0.4 is 0 Å². The molecule has 23 heavy (non-hydrogen) atoms. The van der Waals surface area contributed by atoms with Gasteiger partial charge in [0.25, 0.3) is 0 Å². The molecular formula is C19H22N2O2. The smallest absolute Gasteiger partial charge is 0.175 e. The maximum absolute atomic E-state index is 5.72. The zero-order valence-corrected chi connectivity index (χ0v) is 13.6. The van der Waals surface area contributed by atoms with Gasteiger partial charge in [-0.2, -0.15) is 0 Å². The van der Waals surface area contributed by atoms with Crippen LogP contribution in [0.2, 0.25) is 0 Å². The lowest BCUT2D eigenvalue weighted by Gasteiger charge is -2.19. The Bertz CT molecular complexity index is 746. The summed E-state index contributed by atoms with van der Waals surface area (Å²) in [6, 6.07) is 18.4. The van der Waals surface area contributed by atoms with Gasteiger partial charge >= 0.3 is 0 Å². The van der Waals surface area contributed by atoms with E-state index < -0.39 is 0 Å². The van der Waals surface area contributed by atoms with Crippen LogP contribution in [0.1, 0.15) is 13.8 Å². The Morgan fingerprint density at radius 2 is 1.57 bits per heavy atom. The molecule has 0 spiro atoms. The highest BCUT2D eigenvalue weighted by Crippen LogP contribution is 2.25. The molecule has 0 radical (unpaired) electrons. The first-order chi connectivity index (χ1) is 11.3. The molecule has 120 valence electrons. The Morgan fingerprint density at radius 3 is 2.26 bits per heavy atom. The number of fused-ring (bicyclic) bond motifs is 1. The molecule has 2 aromatic carbocycles. The van der Waals surface area contributed by atoms with Gasteiger partial charge in [-0.3, -0.25) is 0 Å². The second kappa shape index (κ2) is 7.40. The average Bonchev–Trinajstić information content (AvgIpc) is 2.95. The van der Waals surface area contributed by atoms with Gasteiger partial charge in [-0.15, -0.1) is 0 Å². The molecule has 0 atom stereocenters. The van der Waals surface area contributed by atoms with Crippen LogP contribution in [0, 0.1) is 0 Å². The highest BCUT2D eigenvalue weighted by Gasteiger charge is 2.17. The number of ether oxygens (including phenoxy) is 2. The highest BCUT2D eigenvalue weighted by molar-refractivity contribution is 5.80. The van der Waals surface area contributed by atoms with E-state index in [9.17, 15) is 0 Å². The summed E-state index contributed by atoms with van der Waals surface area (Å²) in [6.07, 6.45) is -0.273. The second-order valence-corrected chi connectivity index (χ2v) is 5.24. The van der Waals surface area contributed by atoms with Crippen molar-refractivity contribution in [1.82, 2.24) is 9.55 Å². The molecule has 4 nitrogen and oxygen atoms in total. The molecule has 0 aliphatic rings. The van der Waals surface area contributed by atoms with Gasteiger partial charge in [0.05, 0.1) is 17.6 Å². The predicted octanol–water partition coefficient (Wildman–Crippen LogP) is 4.10. The maximum atomic E-state index is 5.72. The Kier molecular flexibility index (Phi) is 5.05. The van der Waals surface area contributed by atoms with Crippen LogP contribution in [0.15, 0.2) is 54.6 Å². The van der Waals surface area contributed by atoms with E-state index in [0.29, 0.717) is 19.8 Å². The van der Waals surface area contributed by atoms with Crippen LogP contribution in [-0.4, -0.2) is 29.1 Å². The fraction of sp³-hybridized carbons (Fsp3) is 0.316. The molecule has 0 N–H and O–H groups in total. The molecule has 3 aromatic rings. The summed E-state index contributed by atoms with van der Waals surface area (Å²) >= 11 is 0. The standard InChI is InChI=1S/C19H22N2O2/c1-3-22-18(23-4-2)14-21-17-13-9-8-12-16(17)20-19(21)15-10-6-5-7-11-15/h5-13,18H,3-4,14H2,1-2H3. The van der Waals surface area contributed by atoms with Gasteiger partial charge in [-0.05, 0) is 26.0 Å². The topological polar surface area (TPSA) is 36.3 Å². The lowest BCUT2D eigenvalue weighted by Crippen LogP contribution is -2.24. The zero-order chi connectivity index (χ0) is 16.1. The van der Waals surface area contributed by atoms with Crippen molar-refractivity contribution in [2.45, 2.75) is 26.7 Å². The van der Waals surface area contributed by atoms with Crippen molar-refractivity contribution in [3.05, 3.63) is 54.6 Å². The van der Waals surface area contributed by atoms with E-state index in [1.54, 1.807) is 0 Å². The van der Waals surface area contributed by atoms with Crippen LogP contribution in [0.4, 0.5) is 0 Å². The molecule has 3 rings (SSSR count). The van der Waals surface area contributed by atoms with Crippen molar-refractivity contribution >= 4 is 11.0 Å². The third-order valence-corrected chi connectivity index (χ3v) is 3.72. The minimum atomic E-state index is -0.273. The van der Waals surface area contributed by atoms with Crippen LogP contribution in [0.5, 0.6) is 0 Å². The summed E-state index contributed by atoms with van der Waals surface area (Å²) in [6.45, 7) is 5.83. The van der Waals surface area contributed by atoms with Gasteiger partial charge in [0.2, 0.25) is 0 Å². The highest BCUT2D eigenvalue weighted by atomic mass is 16.7. The number of hydrogen-bond acceptors (Lipinski definition) is 3. The van der Waals surface area contributed by atoms with Gasteiger partial charge in [0, 0.05) is 18.8 Å². The van der Waals surface area contributed by atoms with Crippen molar-refractivity contribution in [3.8, 4) is 11.4 Å². The van der Waals surface area contributed by atoms with Gasteiger partial charge in [0.1, 0.15) is 5.82 Å². The monoisotopic (exact) mass is 310 g/mol.